The minimum atomic E-state index is 1.06. The number of halogens is 1. The third kappa shape index (κ3) is 5.53. The summed E-state index contributed by atoms with van der Waals surface area (Å²) in [4.78, 5) is 0. The standard InChI is InChI=1S/C52H33Br/c53-42-27-29-48-50(33-42)52(41-21-9-19-39(31-41)46-25-11-17-36-15-5-7-23-44(36)46)47-28-26-37(34-12-2-1-3-13-34)32-49(47)51(48)40-20-8-18-38(30-40)45-24-10-16-35-14-4-6-22-43(35)45/h1-33H. The zero-order chi connectivity index (χ0) is 35.3. The zero-order valence-corrected chi connectivity index (χ0v) is 30.5. The summed E-state index contributed by atoms with van der Waals surface area (Å²) >= 11 is 3.87. The van der Waals surface area contributed by atoms with Crippen LogP contribution in [0.2, 0.25) is 0 Å². The van der Waals surface area contributed by atoms with Gasteiger partial charge in [0.05, 0.1) is 0 Å². The molecule has 0 aromatic heterocycles. The Morgan fingerprint density at radius 3 is 1.30 bits per heavy atom. The summed E-state index contributed by atoms with van der Waals surface area (Å²) in [6, 6.07) is 73.3. The SMILES string of the molecule is Brc1ccc2c(-c3cccc(-c4cccc5ccccc45)c3)c3cc(-c4ccccc4)ccc3c(-c3cccc(-c4cccc5ccccc45)c3)c2c1. The average Bonchev–Trinajstić information content (AvgIpc) is 3.22. The van der Waals surface area contributed by atoms with Crippen molar-refractivity contribution < 1.29 is 0 Å². The van der Waals surface area contributed by atoms with Crippen LogP contribution in [-0.4, -0.2) is 0 Å². The Bertz CT molecular complexity index is 3000. The second-order valence-electron chi connectivity index (χ2n) is 13.8. The molecule has 0 bridgehead atoms. The maximum absolute atomic E-state index is 3.87. The van der Waals surface area contributed by atoms with Gasteiger partial charge in [-0.2, -0.15) is 0 Å². The van der Waals surface area contributed by atoms with E-state index in [1.807, 2.05) is 0 Å². The van der Waals surface area contributed by atoms with Gasteiger partial charge in [0.15, 0.2) is 0 Å². The number of benzene rings is 10. The van der Waals surface area contributed by atoms with Crippen LogP contribution in [0.5, 0.6) is 0 Å². The topological polar surface area (TPSA) is 0 Å². The lowest BCUT2D eigenvalue weighted by Crippen LogP contribution is -1.93. The molecular weight excluding hydrogens is 704 g/mol. The van der Waals surface area contributed by atoms with Crippen LogP contribution >= 0.6 is 15.9 Å². The largest absolute Gasteiger partial charge is 0.0622 e. The Labute approximate surface area is 317 Å². The fourth-order valence-corrected chi connectivity index (χ4v) is 8.63. The molecule has 0 aliphatic carbocycles. The summed E-state index contributed by atoms with van der Waals surface area (Å²) in [6.07, 6.45) is 0. The Morgan fingerprint density at radius 2 is 0.698 bits per heavy atom. The summed E-state index contributed by atoms with van der Waals surface area (Å²) in [5.41, 5.74) is 12.2. The molecule has 0 heterocycles. The van der Waals surface area contributed by atoms with Crippen molar-refractivity contribution in [3.05, 3.63) is 205 Å². The predicted molar refractivity (Wildman–Crippen MR) is 231 cm³/mol. The monoisotopic (exact) mass is 736 g/mol. The van der Waals surface area contributed by atoms with Gasteiger partial charge in [0.2, 0.25) is 0 Å². The fourth-order valence-electron chi connectivity index (χ4n) is 8.27. The molecular formula is C52H33Br. The van der Waals surface area contributed by atoms with Crippen molar-refractivity contribution in [1.82, 2.24) is 0 Å². The Hall–Kier alpha value is -6.28. The fraction of sp³-hybridized carbons (Fsp3) is 0. The van der Waals surface area contributed by atoms with Gasteiger partial charge in [-0.05, 0) is 129 Å². The highest BCUT2D eigenvalue weighted by Crippen LogP contribution is 2.47. The molecule has 0 aliphatic heterocycles. The third-order valence-corrected chi connectivity index (χ3v) is 11.2. The van der Waals surface area contributed by atoms with Crippen molar-refractivity contribution in [2.24, 2.45) is 0 Å². The van der Waals surface area contributed by atoms with Crippen molar-refractivity contribution in [1.29, 1.82) is 0 Å². The zero-order valence-electron chi connectivity index (χ0n) is 28.9. The normalized spacial score (nSPS) is 11.5. The van der Waals surface area contributed by atoms with Gasteiger partial charge in [0.25, 0.3) is 0 Å². The molecule has 10 rings (SSSR count). The van der Waals surface area contributed by atoms with Gasteiger partial charge >= 0.3 is 0 Å². The molecule has 0 unspecified atom stereocenters. The Balaban J connectivity index is 1.27. The molecule has 53 heavy (non-hydrogen) atoms. The summed E-state index contributed by atoms with van der Waals surface area (Å²) in [5, 5.41) is 9.94. The highest BCUT2D eigenvalue weighted by Gasteiger charge is 2.19. The van der Waals surface area contributed by atoms with Crippen LogP contribution in [0.3, 0.4) is 0 Å². The molecule has 0 saturated heterocycles. The van der Waals surface area contributed by atoms with Gasteiger partial charge in [-0.3, -0.25) is 0 Å². The molecule has 0 nitrogen and oxygen atoms in total. The van der Waals surface area contributed by atoms with Gasteiger partial charge < -0.3 is 0 Å². The van der Waals surface area contributed by atoms with E-state index in [0.717, 1.165) is 4.47 Å². The highest BCUT2D eigenvalue weighted by atomic mass is 79.9. The molecule has 0 spiro atoms. The van der Waals surface area contributed by atoms with E-state index in [0.29, 0.717) is 0 Å². The van der Waals surface area contributed by atoms with E-state index < -0.39 is 0 Å². The van der Waals surface area contributed by atoms with Crippen LogP contribution < -0.4 is 0 Å². The molecule has 0 amide bonds. The first-order valence-corrected chi connectivity index (χ1v) is 18.9. The summed E-state index contributed by atoms with van der Waals surface area (Å²) < 4.78 is 1.06. The quantitative estimate of drug-likeness (QED) is 0.154. The first-order chi connectivity index (χ1) is 26.2. The number of rotatable bonds is 5. The lowest BCUT2D eigenvalue weighted by molar-refractivity contribution is 1.61. The smallest absolute Gasteiger partial charge is 0.0181 e. The summed E-state index contributed by atoms with van der Waals surface area (Å²) in [7, 11) is 0. The highest BCUT2D eigenvalue weighted by molar-refractivity contribution is 9.10. The lowest BCUT2D eigenvalue weighted by atomic mass is 9.83. The molecule has 0 fully saturated rings. The molecule has 0 aliphatic rings. The van der Waals surface area contributed by atoms with Crippen molar-refractivity contribution >= 4 is 59.0 Å². The average molecular weight is 738 g/mol. The second-order valence-corrected chi connectivity index (χ2v) is 14.7. The van der Waals surface area contributed by atoms with E-state index in [1.165, 1.54) is 98.7 Å². The van der Waals surface area contributed by atoms with Gasteiger partial charge in [-0.25, -0.2) is 0 Å². The van der Waals surface area contributed by atoms with E-state index in [2.05, 4.69) is 216 Å². The number of hydrogen-bond donors (Lipinski definition) is 0. The maximum Gasteiger partial charge on any atom is 0.0181 e. The van der Waals surface area contributed by atoms with Crippen LogP contribution in [0, 0.1) is 0 Å². The van der Waals surface area contributed by atoms with Crippen molar-refractivity contribution in [3.8, 4) is 55.6 Å². The van der Waals surface area contributed by atoms with E-state index in [9.17, 15) is 0 Å². The molecule has 0 N–H and O–H groups in total. The van der Waals surface area contributed by atoms with Crippen molar-refractivity contribution in [2.75, 3.05) is 0 Å². The van der Waals surface area contributed by atoms with Crippen LogP contribution in [0.15, 0.2) is 205 Å². The van der Waals surface area contributed by atoms with Crippen LogP contribution in [0.1, 0.15) is 0 Å². The van der Waals surface area contributed by atoms with Gasteiger partial charge in [-0.15, -0.1) is 0 Å². The summed E-state index contributed by atoms with van der Waals surface area (Å²) in [6.45, 7) is 0. The Kier molecular flexibility index (Phi) is 7.74. The molecule has 248 valence electrons. The van der Waals surface area contributed by atoms with E-state index in [-0.39, 0.29) is 0 Å². The van der Waals surface area contributed by atoms with E-state index in [1.54, 1.807) is 0 Å². The van der Waals surface area contributed by atoms with E-state index >= 15 is 0 Å². The van der Waals surface area contributed by atoms with E-state index in [4.69, 9.17) is 0 Å². The third-order valence-electron chi connectivity index (χ3n) is 10.7. The lowest BCUT2D eigenvalue weighted by Gasteiger charge is -2.20. The first kappa shape index (κ1) is 31.5. The van der Waals surface area contributed by atoms with Crippen molar-refractivity contribution in [3.63, 3.8) is 0 Å². The minimum Gasteiger partial charge on any atom is -0.0622 e. The van der Waals surface area contributed by atoms with Crippen LogP contribution in [0.25, 0.3) is 98.7 Å². The predicted octanol–water partition coefficient (Wildman–Crippen LogP) is 15.4. The molecule has 1 heteroatoms. The van der Waals surface area contributed by atoms with Gasteiger partial charge in [-0.1, -0.05) is 186 Å². The minimum absolute atomic E-state index is 1.06. The molecule has 0 saturated carbocycles. The first-order valence-electron chi connectivity index (χ1n) is 18.1. The molecule has 10 aromatic rings. The molecule has 0 atom stereocenters. The number of fused-ring (bicyclic) bond motifs is 4. The summed E-state index contributed by atoms with van der Waals surface area (Å²) in [5.74, 6) is 0. The molecule has 0 radical (unpaired) electrons. The maximum atomic E-state index is 3.87. The second kappa shape index (κ2) is 13.0. The molecule has 10 aromatic carbocycles. The van der Waals surface area contributed by atoms with Crippen LogP contribution in [-0.2, 0) is 0 Å². The van der Waals surface area contributed by atoms with Crippen molar-refractivity contribution in [2.45, 2.75) is 0 Å². The van der Waals surface area contributed by atoms with Crippen LogP contribution in [0.4, 0.5) is 0 Å². The Morgan fingerprint density at radius 1 is 0.245 bits per heavy atom. The number of hydrogen-bond acceptors (Lipinski definition) is 0. The van der Waals surface area contributed by atoms with Gasteiger partial charge in [0.1, 0.15) is 0 Å². The van der Waals surface area contributed by atoms with Gasteiger partial charge in [0, 0.05) is 4.47 Å².